The van der Waals surface area contributed by atoms with Gasteiger partial charge in [-0.15, -0.1) is 12.4 Å². The van der Waals surface area contributed by atoms with Gasteiger partial charge in [0.05, 0.1) is 17.2 Å². The lowest BCUT2D eigenvalue weighted by Crippen LogP contribution is -2.41. The number of piperidine rings is 2. The van der Waals surface area contributed by atoms with Crippen LogP contribution in [0.4, 0.5) is 0 Å². The standard InChI is InChI=1S/C14H24BN3O2.C5H11N.ClH/c1-13(2)14(3,4)20-15(19-13)11-9-17-18(10-11)12-5-7-16-8-6-12;1-2-4-6-5-3-1;/h9-10,12,16H,5-8H2,1-4H3;6H,1-5H2;1H. The number of hydrogen-bond acceptors (Lipinski definition) is 5. The van der Waals surface area contributed by atoms with Crippen molar-refractivity contribution in [2.24, 2.45) is 0 Å². The molecule has 2 N–H and O–H groups in total. The Labute approximate surface area is 170 Å². The lowest BCUT2D eigenvalue weighted by molar-refractivity contribution is 0.00578. The molecule has 0 bridgehead atoms. The number of nitrogens with zero attached hydrogens (tertiary/aromatic N) is 2. The van der Waals surface area contributed by atoms with Gasteiger partial charge in [0.1, 0.15) is 0 Å². The van der Waals surface area contributed by atoms with Gasteiger partial charge in [-0.2, -0.15) is 5.10 Å². The second-order valence-corrected chi connectivity index (χ2v) is 8.63. The number of hydrogen-bond donors (Lipinski definition) is 2. The Morgan fingerprint density at radius 1 is 0.963 bits per heavy atom. The van der Waals surface area contributed by atoms with E-state index < -0.39 is 0 Å². The van der Waals surface area contributed by atoms with Gasteiger partial charge in [-0.1, -0.05) is 6.42 Å². The highest BCUT2D eigenvalue weighted by atomic mass is 35.5. The first-order chi connectivity index (χ1) is 12.4. The average molecular weight is 399 g/mol. The van der Waals surface area contributed by atoms with Crippen molar-refractivity contribution in [2.45, 2.75) is 77.0 Å². The van der Waals surface area contributed by atoms with E-state index in [-0.39, 0.29) is 30.7 Å². The highest BCUT2D eigenvalue weighted by molar-refractivity contribution is 6.62. The van der Waals surface area contributed by atoms with E-state index in [1.807, 2.05) is 6.20 Å². The predicted molar refractivity (Wildman–Crippen MR) is 113 cm³/mol. The van der Waals surface area contributed by atoms with Crippen molar-refractivity contribution in [3.05, 3.63) is 12.4 Å². The van der Waals surface area contributed by atoms with Gasteiger partial charge in [-0.05, 0) is 79.6 Å². The molecule has 3 saturated heterocycles. The second kappa shape index (κ2) is 9.74. The van der Waals surface area contributed by atoms with Crippen LogP contribution in [0.1, 0.15) is 65.8 Å². The first kappa shape index (κ1) is 22.7. The molecule has 4 rings (SSSR count). The summed E-state index contributed by atoms with van der Waals surface area (Å²) in [5.41, 5.74) is 0.422. The summed E-state index contributed by atoms with van der Waals surface area (Å²) in [6.45, 7) is 12.9. The SMILES string of the molecule is C1CCNCC1.CC1(C)OB(c2cnn(C3CCNCC3)c2)OC1(C)C.Cl. The quantitative estimate of drug-likeness (QED) is 0.749. The van der Waals surface area contributed by atoms with E-state index in [0.29, 0.717) is 6.04 Å². The Morgan fingerprint density at radius 2 is 1.52 bits per heavy atom. The van der Waals surface area contributed by atoms with Crippen LogP contribution in [-0.2, 0) is 9.31 Å². The van der Waals surface area contributed by atoms with Gasteiger partial charge < -0.3 is 19.9 Å². The van der Waals surface area contributed by atoms with E-state index in [1.54, 1.807) is 0 Å². The Kier molecular flexibility index (Phi) is 8.19. The van der Waals surface area contributed by atoms with Gasteiger partial charge in [0.2, 0.25) is 0 Å². The topological polar surface area (TPSA) is 60.3 Å². The number of rotatable bonds is 2. The summed E-state index contributed by atoms with van der Waals surface area (Å²) in [7, 11) is -0.310. The molecule has 8 heteroatoms. The summed E-state index contributed by atoms with van der Waals surface area (Å²) in [6.07, 6.45) is 10.4. The molecule has 0 atom stereocenters. The largest absolute Gasteiger partial charge is 0.498 e. The summed E-state index contributed by atoms with van der Waals surface area (Å²) in [5, 5.41) is 11.2. The van der Waals surface area contributed by atoms with Crippen molar-refractivity contribution >= 4 is 25.0 Å². The van der Waals surface area contributed by atoms with Crippen LogP contribution in [0.5, 0.6) is 0 Å². The third kappa shape index (κ3) is 5.70. The lowest BCUT2D eigenvalue weighted by atomic mass is 9.82. The molecule has 1 aromatic rings. The van der Waals surface area contributed by atoms with Crippen molar-refractivity contribution in [3.63, 3.8) is 0 Å². The van der Waals surface area contributed by atoms with Gasteiger partial charge in [0.25, 0.3) is 0 Å². The average Bonchev–Trinajstić information content (AvgIpc) is 3.21. The fourth-order valence-electron chi connectivity index (χ4n) is 3.53. The predicted octanol–water partition coefficient (Wildman–Crippen LogP) is 2.29. The van der Waals surface area contributed by atoms with Crippen LogP contribution < -0.4 is 16.1 Å². The smallest absolute Gasteiger partial charge is 0.399 e. The molecule has 3 aliphatic rings. The fourth-order valence-corrected chi connectivity index (χ4v) is 3.53. The lowest BCUT2D eigenvalue weighted by Gasteiger charge is -2.32. The van der Waals surface area contributed by atoms with Crippen LogP contribution >= 0.6 is 12.4 Å². The molecule has 1 aromatic heterocycles. The van der Waals surface area contributed by atoms with E-state index in [0.717, 1.165) is 31.4 Å². The third-order valence-corrected chi connectivity index (χ3v) is 6.04. The van der Waals surface area contributed by atoms with Gasteiger partial charge in [0, 0.05) is 17.9 Å². The third-order valence-electron chi connectivity index (χ3n) is 6.04. The first-order valence-corrected chi connectivity index (χ1v) is 10.2. The molecule has 0 unspecified atom stereocenters. The Morgan fingerprint density at radius 3 is 2.00 bits per heavy atom. The van der Waals surface area contributed by atoms with Crippen molar-refractivity contribution in [2.75, 3.05) is 26.2 Å². The number of aromatic nitrogens is 2. The summed E-state index contributed by atoms with van der Waals surface area (Å²) >= 11 is 0. The van der Waals surface area contributed by atoms with Crippen LogP contribution in [0.3, 0.4) is 0 Å². The molecule has 0 aromatic carbocycles. The van der Waals surface area contributed by atoms with E-state index in [1.165, 1.54) is 32.4 Å². The number of nitrogens with one attached hydrogen (secondary N) is 2. The monoisotopic (exact) mass is 398 g/mol. The Hall–Kier alpha value is -0.595. The highest BCUT2D eigenvalue weighted by Gasteiger charge is 2.52. The van der Waals surface area contributed by atoms with Crippen molar-refractivity contribution < 1.29 is 9.31 Å². The minimum atomic E-state index is -0.310. The molecule has 4 heterocycles. The minimum Gasteiger partial charge on any atom is -0.399 e. The molecule has 3 aliphatic heterocycles. The first-order valence-electron chi connectivity index (χ1n) is 10.2. The zero-order valence-corrected chi connectivity index (χ0v) is 18.1. The summed E-state index contributed by atoms with van der Waals surface area (Å²) in [6, 6.07) is 0.493. The highest BCUT2D eigenvalue weighted by Crippen LogP contribution is 2.36. The summed E-state index contributed by atoms with van der Waals surface area (Å²) in [4.78, 5) is 0. The molecule has 6 nitrogen and oxygen atoms in total. The zero-order chi connectivity index (χ0) is 18.6. The minimum absolute atomic E-state index is 0. The van der Waals surface area contributed by atoms with Gasteiger partial charge in [-0.3, -0.25) is 4.68 Å². The van der Waals surface area contributed by atoms with Gasteiger partial charge in [0.15, 0.2) is 0 Å². The van der Waals surface area contributed by atoms with Gasteiger partial charge in [-0.25, -0.2) is 0 Å². The normalized spacial score (nSPS) is 24.7. The number of halogens is 1. The Bertz CT molecular complexity index is 544. The van der Waals surface area contributed by atoms with Crippen molar-refractivity contribution in [1.82, 2.24) is 20.4 Å². The summed E-state index contributed by atoms with van der Waals surface area (Å²) in [5.74, 6) is 0. The maximum absolute atomic E-state index is 6.06. The molecule has 0 radical (unpaired) electrons. The van der Waals surface area contributed by atoms with Crippen LogP contribution in [0.2, 0.25) is 0 Å². The second-order valence-electron chi connectivity index (χ2n) is 8.63. The van der Waals surface area contributed by atoms with Crippen molar-refractivity contribution in [3.8, 4) is 0 Å². The van der Waals surface area contributed by atoms with Crippen LogP contribution in [-0.4, -0.2) is 54.3 Å². The molecule has 3 fully saturated rings. The molecule has 0 amide bonds. The van der Waals surface area contributed by atoms with E-state index in [4.69, 9.17) is 9.31 Å². The zero-order valence-electron chi connectivity index (χ0n) is 17.3. The molecule has 27 heavy (non-hydrogen) atoms. The molecule has 0 saturated carbocycles. The molecule has 154 valence electrons. The Balaban J connectivity index is 0.000000320. The molecular weight excluding hydrogens is 363 g/mol. The fraction of sp³-hybridized carbons (Fsp3) is 0.842. The molecule has 0 spiro atoms. The summed E-state index contributed by atoms with van der Waals surface area (Å²) < 4.78 is 14.2. The van der Waals surface area contributed by atoms with Crippen LogP contribution in [0.25, 0.3) is 0 Å². The maximum atomic E-state index is 6.06. The maximum Gasteiger partial charge on any atom is 0.498 e. The van der Waals surface area contributed by atoms with Crippen LogP contribution in [0.15, 0.2) is 12.4 Å². The van der Waals surface area contributed by atoms with E-state index in [2.05, 4.69) is 54.3 Å². The van der Waals surface area contributed by atoms with Gasteiger partial charge >= 0.3 is 7.12 Å². The van der Waals surface area contributed by atoms with Crippen molar-refractivity contribution in [1.29, 1.82) is 0 Å². The van der Waals surface area contributed by atoms with E-state index in [9.17, 15) is 0 Å². The molecule has 0 aliphatic carbocycles. The molecular formula is C19H36BClN4O2. The van der Waals surface area contributed by atoms with E-state index >= 15 is 0 Å². The van der Waals surface area contributed by atoms with Crippen LogP contribution in [0, 0.1) is 0 Å².